The fraction of sp³-hybridized carbons (Fsp3) is 0.429. The summed E-state index contributed by atoms with van der Waals surface area (Å²) in [6.07, 6.45) is 15.2. The molecular formula is C28H32Cl2. The standard InChI is InChI=1S/C28H32Cl2/c1-18-9-11-23(24-13-12-22(16-24)21-7-5-4-6-8-21)17-25(18)15-20(3)27-26(29)14-10-19(2)28(27)30/h9-14,16-17,20-22H,4-8,15H2,1-3H3. The third kappa shape index (κ3) is 4.56. The van der Waals surface area contributed by atoms with Crippen molar-refractivity contribution in [2.24, 2.45) is 11.8 Å². The second kappa shape index (κ2) is 9.33. The van der Waals surface area contributed by atoms with E-state index in [-0.39, 0.29) is 5.92 Å². The van der Waals surface area contributed by atoms with E-state index >= 15 is 0 Å². The highest BCUT2D eigenvalue weighted by molar-refractivity contribution is 6.36. The van der Waals surface area contributed by atoms with Crippen LogP contribution in [0.4, 0.5) is 0 Å². The molecule has 0 radical (unpaired) electrons. The monoisotopic (exact) mass is 438 g/mol. The predicted molar refractivity (Wildman–Crippen MR) is 132 cm³/mol. The van der Waals surface area contributed by atoms with Crippen LogP contribution in [0.25, 0.3) is 5.57 Å². The first-order chi connectivity index (χ1) is 14.4. The summed E-state index contributed by atoms with van der Waals surface area (Å²) in [4.78, 5) is 0. The Hall–Kier alpha value is -1.50. The Labute approximate surface area is 192 Å². The van der Waals surface area contributed by atoms with Gasteiger partial charge >= 0.3 is 0 Å². The van der Waals surface area contributed by atoms with E-state index in [1.807, 2.05) is 19.1 Å². The number of hydrogen-bond acceptors (Lipinski definition) is 0. The lowest BCUT2D eigenvalue weighted by molar-refractivity contribution is 0.320. The van der Waals surface area contributed by atoms with E-state index in [0.717, 1.165) is 33.5 Å². The number of aryl methyl sites for hydroxylation is 2. The molecule has 2 aromatic rings. The smallest absolute Gasteiger partial charge is 0.0484 e. The Morgan fingerprint density at radius 2 is 1.70 bits per heavy atom. The zero-order chi connectivity index (χ0) is 21.3. The molecule has 2 unspecified atom stereocenters. The van der Waals surface area contributed by atoms with Crippen LogP contribution in [0.5, 0.6) is 0 Å². The van der Waals surface area contributed by atoms with E-state index in [9.17, 15) is 0 Å². The van der Waals surface area contributed by atoms with E-state index in [0.29, 0.717) is 5.92 Å². The lowest BCUT2D eigenvalue weighted by Crippen LogP contribution is -2.13. The van der Waals surface area contributed by atoms with Gasteiger partial charge in [0, 0.05) is 10.0 Å². The van der Waals surface area contributed by atoms with Crippen molar-refractivity contribution in [1.29, 1.82) is 0 Å². The summed E-state index contributed by atoms with van der Waals surface area (Å²) in [6.45, 7) is 6.48. The van der Waals surface area contributed by atoms with E-state index in [4.69, 9.17) is 23.2 Å². The minimum Gasteiger partial charge on any atom is -0.0840 e. The highest BCUT2D eigenvalue weighted by Gasteiger charge is 2.23. The molecule has 2 aromatic carbocycles. The van der Waals surface area contributed by atoms with Crippen molar-refractivity contribution in [1.82, 2.24) is 0 Å². The summed E-state index contributed by atoms with van der Waals surface area (Å²) in [7, 11) is 0. The molecule has 30 heavy (non-hydrogen) atoms. The second-order valence-corrected chi connectivity index (χ2v) is 10.1. The van der Waals surface area contributed by atoms with Crippen molar-refractivity contribution < 1.29 is 0 Å². The average Bonchev–Trinajstić information content (AvgIpc) is 3.24. The average molecular weight is 439 g/mol. The molecule has 0 aliphatic heterocycles. The maximum Gasteiger partial charge on any atom is 0.0484 e. The molecule has 158 valence electrons. The molecular weight excluding hydrogens is 407 g/mol. The van der Waals surface area contributed by atoms with Gasteiger partial charge in [-0.25, -0.2) is 0 Å². The van der Waals surface area contributed by atoms with Crippen LogP contribution in [0.3, 0.4) is 0 Å². The summed E-state index contributed by atoms with van der Waals surface area (Å²) in [6, 6.07) is 10.9. The first kappa shape index (κ1) is 21.7. The predicted octanol–water partition coefficient (Wildman–Crippen LogP) is 9.11. The number of benzene rings is 2. The molecule has 0 heterocycles. The Morgan fingerprint density at radius 3 is 2.47 bits per heavy atom. The van der Waals surface area contributed by atoms with Crippen molar-refractivity contribution in [3.8, 4) is 0 Å². The van der Waals surface area contributed by atoms with Gasteiger partial charge in [-0.05, 0) is 90.3 Å². The van der Waals surface area contributed by atoms with Gasteiger partial charge in [0.25, 0.3) is 0 Å². The minimum absolute atomic E-state index is 0.266. The molecule has 0 nitrogen and oxygen atoms in total. The van der Waals surface area contributed by atoms with Crippen LogP contribution in [-0.4, -0.2) is 0 Å². The van der Waals surface area contributed by atoms with Gasteiger partial charge in [-0.15, -0.1) is 0 Å². The molecule has 0 N–H and O–H groups in total. The van der Waals surface area contributed by atoms with Gasteiger partial charge in [0.15, 0.2) is 0 Å². The summed E-state index contributed by atoms with van der Waals surface area (Å²) >= 11 is 13.1. The highest BCUT2D eigenvalue weighted by Crippen LogP contribution is 2.39. The van der Waals surface area contributed by atoms with E-state index in [1.165, 1.54) is 54.4 Å². The van der Waals surface area contributed by atoms with E-state index in [1.54, 1.807) is 0 Å². The summed E-state index contributed by atoms with van der Waals surface area (Å²) < 4.78 is 0. The Bertz CT molecular complexity index is 976. The van der Waals surface area contributed by atoms with Gasteiger partial charge in [0.05, 0.1) is 0 Å². The summed E-state index contributed by atoms with van der Waals surface area (Å²) in [5.41, 5.74) is 7.58. The van der Waals surface area contributed by atoms with Crippen LogP contribution >= 0.6 is 23.2 Å². The van der Waals surface area contributed by atoms with Gasteiger partial charge < -0.3 is 0 Å². The SMILES string of the molecule is Cc1ccc(C2=CC(C3CCCCC3)C=C2)cc1CC(C)c1c(Cl)ccc(C)c1Cl. The molecule has 2 heteroatoms. The fourth-order valence-corrected chi connectivity index (χ4v) is 5.91. The highest BCUT2D eigenvalue weighted by atomic mass is 35.5. The Balaban J connectivity index is 1.56. The Morgan fingerprint density at radius 1 is 0.967 bits per heavy atom. The topological polar surface area (TPSA) is 0 Å². The van der Waals surface area contributed by atoms with Crippen LogP contribution < -0.4 is 0 Å². The molecule has 0 aromatic heterocycles. The molecule has 2 aliphatic rings. The van der Waals surface area contributed by atoms with Crippen LogP contribution in [-0.2, 0) is 6.42 Å². The molecule has 4 rings (SSSR count). The molecule has 1 saturated carbocycles. The third-order valence-corrected chi connectivity index (χ3v) is 7.92. The van der Waals surface area contributed by atoms with Gasteiger partial charge in [-0.1, -0.05) is 91.9 Å². The van der Waals surface area contributed by atoms with Crippen molar-refractivity contribution in [2.75, 3.05) is 0 Å². The van der Waals surface area contributed by atoms with Crippen LogP contribution in [0, 0.1) is 25.7 Å². The molecule has 0 spiro atoms. The fourth-order valence-electron chi connectivity index (χ4n) is 5.17. The largest absolute Gasteiger partial charge is 0.0840 e. The first-order valence-electron chi connectivity index (χ1n) is 11.4. The van der Waals surface area contributed by atoms with Gasteiger partial charge in [-0.2, -0.15) is 0 Å². The maximum atomic E-state index is 6.62. The van der Waals surface area contributed by atoms with Gasteiger partial charge in [0.1, 0.15) is 0 Å². The zero-order valence-electron chi connectivity index (χ0n) is 18.3. The van der Waals surface area contributed by atoms with Crippen LogP contribution in [0.15, 0.2) is 48.6 Å². The summed E-state index contributed by atoms with van der Waals surface area (Å²) in [5.74, 6) is 1.72. The summed E-state index contributed by atoms with van der Waals surface area (Å²) in [5, 5.41) is 1.57. The second-order valence-electron chi connectivity index (χ2n) is 9.29. The molecule has 0 amide bonds. The number of rotatable bonds is 5. The van der Waals surface area contributed by atoms with Crippen LogP contribution in [0.2, 0.25) is 10.0 Å². The number of allylic oxidation sites excluding steroid dienone is 4. The molecule has 0 saturated heterocycles. The van der Waals surface area contributed by atoms with Crippen molar-refractivity contribution in [3.05, 3.63) is 86.4 Å². The molecule has 2 atom stereocenters. The zero-order valence-corrected chi connectivity index (χ0v) is 19.9. The number of halogens is 2. The Kier molecular flexibility index (Phi) is 6.75. The van der Waals surface area contributed by atoms with E-state index < -0.39 is 0 Å². The van der Waals surface area contributed by atoms with Crippen molar-refractivity contribution >= 4 is 28.8 Å². The molecule has 2 aliphatic carbocycles. The van der Waals surface area contributed by atoms with Crippen molar-refractivity contribution in [3.63, 3.8) is 0 Å². The molecule has 1 fully saturated rings. The number of hydrogen-bond donors (Lipinski definition) is 0. The molecule has 0 bridgehead atoms. The van der Waals surface area contributed by atoms with Crippen LogP contribution in [0.1, 0.15) is 72.8 Å². The normalized spacial score (nSPS) is 20.4. The quantitative estimate of drug-likeness (QED) is 0.436. The minimum atomic E-state index is 0.266. The lowest BCUT2D eigenvalue weighted by atomic mass is 9.80. The van der Waals surface area contributed by atoms with Gasteiger partial charge in [0.2, 0.25) is 0 Å². The van der Waals surface area contributed by atoms with E-state index in [2.05, 4.69) is 50.3 Å². The van der Waals surface area contributed by atoms with Crippen molar-refractivity contribution in [2.45, 2.75) is 65.2 Å². The maximum absolute atomic E-state index is 6.62. The first-order valence-corrected chi connectivity index (χ1v) is 12.1. The van der Waals surface area contributed by atoms with Gasteiger partial charge in [-0.3, -0.25) is 0 Å². The lowest BCUT2D eigenvalue weighted by Gasteiger charge is -2.25. The third-order valence-electron chi connectivity index (χ3n) is 7.09.